The molecule has 1 rings (SSSR count). The Labute approximate surface area is 190 Å². The van der Waals surface area contributed by atoms with E-state index in [1.807, 2.05) is 20.8 Å². The van der Waals surface area contributed by atoms with Gasteiger partial charge in [0.1, 0.15) is 23.4 Å². The van der Waals surface area contributed by atoms with Crippen molar-refractivity contribution in [3.8, 4) is 18.2 Å². The number of nitrogens with one attached hydrogen (secondary N) is 2. The molecule has 0 aliphatic rings. The highest BCUT2D eigenvalue weighted by molar-refractivity contribution is 5.93. The first-order valence-corrected chi connectivity index (χ1v) is 10.5. The van der Waals surface area contributed by atoms with Gasteiger partial charge >= 0.3 is 6.09 Å². The number of terminal acetylenes is 1. The third kappa shape index (κ3) is 8.14. The average molecular weight is 446 g/mol. The molecular formula is C24H35N3O5. The van der Waals surface area contributed by atoms with E-state index in [4.69, 9.17) is 11.2 Å². The molecule has 1 aromatic carbocycles. The quantitative estimate of drug-likeness (QED) is 0.460. The van der Waals surface area contributed by atoms with E-state index in [2.05, 4.69) is 16.7 Å². The number of amides is 3. The van der Waals surface area contributed by atoms with E-state index in [1.54, 1.807) is 34.6 Å². The molecule has 0 radical (unpaired) electrons. The zero-order chi connectivity index (χ0) is 24.9. The molecule has 8 heteroatoms. The first-order valence-electron chi connectivity index (χ1n) is 10.5. The van der Waals surface area contributed by atoms with Gasteiger partial charge < -0.3 is 20.5 Å². The van der Waals surface area contributed by atoms with Gasteiger partial charge in [0.05, 0.1) is 0 Å². The molecule has 0 spiro atoms. The van der Waals surface area contributed by atoms with Crippen molar-refractivity contribution < 1.29 is 24.2 Å². The Morgan fingerprint density at radius 2 is 1.59 bits per heavy atom. The molecule has 176 valence electrons. The molecule has 0 fully saturated rings. The van der Waals surface area contributed by atoms with Gasteiger partial charge in [-0.1, -0.05) is 32.4 Å². The van der Waals surface area contributed by atoms with Gasteiger partial charge in [0.2, 0.25) is 5.91 Å². The van der Waals surface area contributed by atoms with Gasteiger partial charge in [0, 0.05) is 11.6 Å². The predicted molar refractivity (Wildman–Crippen MR) is 122 cm³/mol. The van der Waals surface area contributed by atoms with Gasteiger partial charge in [-0.2, -0.15) is 0 Å². The number of carbonyl (C=O) groups excluding carboxylic acids is 3. The maximum atomic E-state index is 13.5. The highest BCUT2D eigenvalue weighted by Crippen LogP contribution is 2.25. The number of phenolic OH excluding ortho intramolecular Hbond substituents is 1. The smallest absolute Gasteiger partial charge is 0.408 e. The summed E-state index contributed by atoms with van der Waals surface area (Å²) in [4.78, 5) is 39.9. The van der Waals surface area contributed by atoms with Crippen molar-refractivity contribution in [3.05, 3.63) is 29.8 Å². The Morgan fingerprint density at radius 3 is 2.00 bits per heavy atom. The number of carbonyl (C=O) groups is 3. The van der Waals surface area contributed by atoms with Crippen molar-refractivity contribution in [1.29, 1.82) is 0 Å². The summed E-state index contributed by atoms with van der Waals surface area (Å²) >= 11 is 0. The monoisotopic (exact) mass is 445 g/mol. The Morgan fingerprint density at radius 1 is 1.06 bits per heavy atom. The largest absolute Gasteiger partial charge is 0.508 e. The van der Waals surface area contributed by atoms with Crippen LogP contribution in [0.3, 0.4) is 0 Å². The number of ether oxygens (including phenoxy) is 1. The molecule has 0 aliphatic carbocycles. The van der Waals surface area contributed by atoms with Crippen LogP contribution in [0.25, 0.3) is 0 Å². The number of hydrogen-bond donors (Lipinski definition) is 3. The molecule has 2 unspecified atom stereocenters. The standard InChI is InChI=1S/C24H35N3O5/c1-10-27(21(30)18(15(2)3)25-22(31)32-24(7,8)9)19(20(29)26-23(4,5)6)16-11-13-17(28)14-12-16/h1,11-15,18-19,28H,2-9H3,(H,25,31)(H,26,29). The van der Waals surface area contributed by atoms with Crippen LogP contribution in [0.15, 0.2) is 24.3 Å². The van der Waals surface area contributed by atoms with Crippen LogP contribution in [0.1, 0.15) is 67.0 Å². The summed E-state index contributed by atoms with van der Waals surface area (Å²) in [7, 11) is 0. The number of benzene rings is 1. The number of aromatic hydroxyl groups is 1. The van der Waals surface area contributed by atoms with Crippen LogP contribution in [0.2, 0.25) is 0 Å². The number of phenols is 1. The van der Waals surface area contributed by atoms with Crippen LogP contribution in [-0.4, -0.2) is 45.1 Å². The maximum Gasteiger partial charge on any atom is 0.408 e. The van der Waals surface area contributed by atoms with Crippen molar-refractivity contribution in [1.82, 2.24) is 15.5 Å². The zero-order valence-electron chi connectivity index (χ0n) is 20.1. The summed E-state index contributed by atoms with van der Waals surface area (Å²) in [6.45, 7) is 14.1. The summed E-state index contributed by atoms with van der Waals surface area (Å²) < 4.78 is 5.27. The Bertz CT molecular complexity index is 858. The molecule has 0 bridgehead atoms. The molecule has 32 heavy (non-hydrogen) atoms. The van der Waals surface area contributed by atoms with Crippen molar-refractivity contribution in [2.75, 3.05) is 0 Å². The molecule has 0 saturated carbocycles. The Kier molecular flexibility index (Phi) is 8.72. The third-order valence-electron chi connectivity index (χ3n) is 4.20. The van der Waals surface area contributed by atoms with E-state index in [0.717, 1.165) is 4.90 Å². The van der Waals surface area contributed by atoms with Crippen LogP contribution in [0, 0.1) is 18.4 Å². The molecule has 0 saturated heterocycles. The number of nitrogens with zero attached hydrogens (tertiary/aromatic N) is 1. The van der Waals surface area contributed by atoms with Crippen LogP contribution in [0.5, 0.6) is 5.75 Å². The minimum absolute atomic E-state index is 0.00830. The fourth-order valence-corrected chi connectivity index (χ4v) is 2.88. The van der Waals surface area contributed by atoms with Crippen LogP contribution >= 0.6 is 0 Å². The van der Waals surface area contributed by atoms with E-state index in [1.165, 1.54) is 24.3 Å². The first kappa shape index (κ1) is 26.8. The second kappa shape index (κ2) is 10.4. The summed E-state index contributed by atoms with van der Waals surface area (Å²) in [5.74, 6) is -1.45. The van der Waals surface area contributed by atoms with Crippen LogP contribution < -0.4 is 10.6 Å². The highest BCUT2D eigenvalue weighted by Gasteiger charge is 2.38. The van der Waals surface area contributed by atoms with Gasteiger partial charge in [0.25, 0.3) is 5.91 Å². The van der Waals surface area contributed by atoms with Crippen molar-refractivity contribution in [2.45, 2.75) is 78.6 Å². The average Bonchev–Trinajstić information content (AvgIpc) is 2.61. The predicted octanol–water partition coefficient (Wildman–Crippen LogP) is 3.32. The fourth-order valence-electron chi connectivity index (χ4n) is 2.88. The molecule has 2 atom stereocenters. The molecule has 0 aliphatic heterocycles. The number of hydrogen-bond acceptors (Lipinski definition) is 5. The SMILES string of the molecule is C#CN(C(=O)C(NC(=O)OC(C)(C)C)C(C)C)C(C(=O)NC(C)(C)C)c1ccc(O)cc1. The van der Waals surface area contributed by atoms with Crippen LogP contribution in [0.4, 0.5) is 4.79 Å². The van der Waals surface area contributed by atoms with E-state index in [9.17, 15) is 19.5 Å². The molecular weight excluding hydrogens is 410 g/mol. The molecule has 1 aromatic rings. The van der Waals surface area contributed by atoms with E-state index in [0.29, 0.717) is 5.56 Å². The van der Waals surface area contributed by atoms with E-state index >= 15 is 0 Å². The molecule has 3 N–H and O–H groups in total. The van der Waals surface area contributed by atoms with Crippen molar-refractivity contribution in [3.63, 3.8) is 0 Å². The lowest BCUT2D eigenvalue weighted by Crippen LogP contribution is -2.54. The summed E-state index contributed by atoms with van der Waals surface area (Å²) in [6, 6.07) is 5.96. The molecule has 8 nitrogen and oxygen atoms in total. The normalized spacial score (nSPS) is 13.5. The second-order valence-corrected chi connectivity index (χ2v) is 9.94. The second-order valence-electron chi connectivity index (χ2n) is 9.94. The lowest BCUT2D eigenvalue weighted by atomic mass is 9.98. The Hall–Kier alpha value is -3.21. The minimum Gasteiger partial charge on any atom is -0.508 e. The summed E-state index contributed by atoms with van der Waals surface area (Å²) in [5.41, 5.74) is -0.917. The van der Waals surface area contributed by atoms with Gasteiger partial charge in [0.15, 0.2) is 0 Å². The number of rotatable bonds is 6. The topological polar surface area (TPSA) is 108 Å². The lowest BCUT2D eigenvalue weighted by molar-refractivity contribution is -0.140. The van der Waals surface area contributed by atoms with Gasteiger partial charge in [-0.3, -0.25) is 14.5 Å². The molecule has 0 heterocycles. The van der Waals surface area contributed by atoms with Gasteiger partial charge in [-0.25, -0.2) is 4.79 Å². The lowest BCUT2D eigenvalue weighted by Gasteiger charge is -2.33. The highest BCUT2D eigenvalue weighted by atomic mass is 16.6. The third-order valence-corrected chi connectivity index (χ3v) is 4.20. The van der Waals surface area contributed by atoms with Crippen molar-refractivity contribution in [2.24, 2.45) is 5.92 Å². The molecule has 0 aromatic heterocycles. The fraction of sp³-hybridized carbons (Fsp3) is 0.542. The van der Waals surface area contributed by atoms with Gasteiger partial charge in [-0.15, -0.1) is 0 Å². The number of alkyl carbamates (subject to hydrolysis) is 1. The molecule has 3 amide bonds. The van der Waals surface area contributed by atoms with Crippen molar-refractivity contribution >= 4 is 17.9 Å². The first-order chi connectivity index (χ1) is 14.6. The zero-order valence-corrected chi connectivity index (χ0v) is 20.1. The minimum atomic E-state index is -1.17. The van der Waals surface area contributed by atoms with Crippen LogP contribution in [-0.2, 0) is 14.3 Å². The summed E-state index contributed by atoms with van der Waals surface area (Å²) in [6.07, 6.45) is 4.93. The van der Waals surface area contributed by atoms with Gasteiger partial charge in [-0.05, 0) is 65.2 Å². The van der Waals surface area contributed by atoms with E-state index < -0.39 is 41.1 Å². The maximum absolute atomic E-state index is 13.5. The summed E-state index contributed by atoms with van der Waals surface area (Å²) in [5, 5.41) is 15.0. The van der Waals surface area contributed by atoms with E-state index in [-0.39, 0.29) is 11.7 Å². The Balaban J connectivity index is 3.36.